The number of carbonyl (C=O) groups excluding carboxylic acids is 2. The maximum atomic E-state index is 13.5. The Bertz CT molecular complexity index is 974. The number of nitrogens with one attached hydrogen (secondary N) is 1. The van der Waals surface area contributed by atoms with Crippen molar-refractivity contribution in [3.05, 3.63) is 90.0 Å². The second-order valence-corrected chi connectivity index (χ2v) is 8.37. The molecule has 0 spiro atoms. The molecular weight excluding hydrogens is 400 g/mol. The minimum atomic E-state index is -0.628. The summed E-state index contributed by atoms with van der Waals surface area (Å²) in [5, 5.41) is 3.17. The van der Waals surface area contributed by atoms with E-state index in [2.05, 4.69) is 23.5 Å². The predicted molar refractivity (Wildman–Crippen MR) is 125 cm³/mol. The topological polar surface area (TPSA) is 58.6 Å². The summed E-state index contributed by atoms with van der Waals surface area (Å²) >= 11 is 0. The zero-order chi connectivity index (χ0) is 22.2. The van der Waals surface area contributed by atoms with Gasteiger partial charge in [-0.05, 0) is 49.0 Å². The van der Waals surface area contributed by atoms with Crippen molar-refractivity contribution in [3.8, 4) is 5.75 Å². The second kappa shape index (κ2) is 10.3. The fraction of sp³-hybridized carbons (Fsp3) is 0.333. The molecule has 2 amide bonds. The van der Waals surface area contributed by atoms with Crippen molar-refractivity contribution in [1.29, 1.82) is 0 Å². The van der Waals surface area contributed by atoms with Gasteiger partial charge in [0.1, 0.15) is 5.75 Å². The van der Waals surface area contributed by atoms with Gasteiger partial charge in [-0.3, -0.25) is 9.59 Å². The highest BCUT2D eigenvalue weighted by molar-refractivity contribution is 5.89. The van der Waals surface area contributed by atoms with E-state index < -0.39 is 5.41 Å². The van der Waals surface area contributed by atoms with Gasteiger partial charge in [-0.2, -0.15) is 0 Å². The summed E-state index contributed by atoms with van der Waals surface area (Å²) in [6.07, 6.45) is 9.69. The van der Waals surface area contributed by atoms with Gasteiger partial charge in [0.05, 0.1) is 5.41 Å². The van der Waals surface area contributed by atoms with Gasteiger partial charge < -0.3 is 15.0 Å². The number of amides is 2. The maximum Gasteiger partial charge on any atom is 0.260 e. The number of rotatable bonds is 7. The Hall–Kier alpha value is -3.34. The van der Waals surface area contributed by atoms with Gasteiger partial charge in [0, 0.05) is 19.6 Å². The molecule has 166 valence electrons. The SMILES string of the molecule is O=C(COc1ccccc1)N1CCC(C(=O)NCC2=CCCC=C2)(c2ccccc2)CC1. The molecule has 5 heteroatoms. The normalized spacial score (nSPS) is 17.4. The molecule has 0 aromatic heterocycles. The molecule has 0 radical (unpaired) electrons. The Morgan fingerprint density at radius 2 is 1.62 bits per heavy atom. The molecule has 4 rings (SSSR count). The van der Waals surface area contributed by atoms with Crippen LogP contribution in [0.3, 0.4) is 0 Å². The van der Waals surface area contributed by atoms with Crippen LogP contribution in [0, 0.1) is 0 Å². The highest BCUT2D eigenvalue weighted by Crippen LogP contribution is 2.36. The number of para-hydroxylation sites is 1. The van der Waals surface area contributed by atoms with Crippen LogP contribution in [0.25, 0.3) is 0 Å². The number of benzene rings is 2. The number of allylic oxidation sites excluding steroid dienone is 2. The molecule has 0 unspecified atom stereocenters. The molecule has 2 aromatic carbocycles. The van der Waals surface area contributed by atoms with E-state index in [1.165, 1.54) is 0 Å². The third-order valence-electron chi connectivity index (χ3n) is 6.36. The molecule has 0 atom stereocenters. The fourth-order valence-electron chi connectivity index (χ4n) is 4.45. The summed E-state index contributed by atoms with van der Waals surface area (Å²) in [4.78, 5) is 28.0. The summed E-state index contributed by atoms with van der Waals surface area (Å²) in [7, 11) is 0. The number of piperidine rings is 1. The first-order valence-electron chi connectivity index (χ1n) is 11.3. The molecule has 1 fully saturated rings. The van der Waals surface area contributed by atoms with E-state index in [0.717, 1.165) is 24.0 Å². The van der Waals surface area contributed by atoms with Crippen LogP contribution in [-0.2, 0) is 15.0 Å². The Morgan fingerprint density at radius 1 is 0.938 bits per heavy atom. The molecule has 5 nitrogen and oxygen atoms in total. The van der Waals surface area contributed by atoms with Crippen LogP contribution in [0.5, 0.6) is 5.75 Å². The van der Waals surface area contributed by atoms with Crippen molar-refractivity contribution in [2.75, 3.05) is 26.2 Å². The van der Waals surface area contributed by atoms with Gasteiger partial charge in [-0.1, -0.05) is 66.8 Å². The molecule has 0 saturated carbocycles. The molecule has 1 N–H and O–H groups in total. The predicted octanol–water partition coefficient (Wildman–Crippen LogP) is 4.02. The van der Waals surface area contributed by atoms with Gasteiger partial charge in [0.15, 0.2) is 6.61 Å². The number of nitrogens with zero attached hydrogens (tertiary/aromatic N) is 1. The summed E-state index contributed by atoms with van der Waals surface area (Å²) < 4.78 is 5.63. The first-order chi connectivity index (χ1) is 15.7. The summed E-state index contributed by atoms with van der Waals surface area (Å²) in [5.41, 5.74) is 1.54. The van der Waals surface area contributed by atoms with Crippen LogP contribution in [0.4, 0.5) is 0 Å². The minimum absolute atomic E-state index is 0.00896. The van der Waals surface area contributed by atoms with E-state index in [1.807, 2.05) is 65.6 Å². The van der Waals surface area contributed by atoms with E-state index in [4.69, 9.17) is 4.74 Å². The summed E-state index contributed by atoms with van der Waals surface area (Å²) in [6, 6.07) is 19.3. The van der Waals surface area contributed by atoms with Crippen LogP contribution < -0.4 is 10.1 Å². The molecule has 1 saturated heterocycles. The van der Waals surface area contributed by atoms with Gasteiger partial charge in [0.25, 0.3) is 5.91 Å². The Balaban J connectivity index is 1.41. The lowest BCUT2D eigenvalue weighted by molar-refractivity contribution is -0.138. The highest BCUT2D eigenvalue weighted by atomic mass is 16.5. The lowest BCUT2D eigenvalue weighted by Crippen LogP contribution is -2.53. The Labute approximate surface area is 189 Å². The largest absolute Gasteiger partial charge is 0.484 e. The smallest absolute Gasteiger partial charge is 0.260 e. The standard InChI is InChI=1S/C27H30N2O3/c30-25(21-32-24-14-8-3-9-15-24)29-18-16-27(17-19-29,23-12-6-2-7-13-23)26(31)28-20-22-10-4-1-5-11-22/h2-4,6-15H,1,5,16-21H2,(H,28,31). The molecule has 32 heavy (non-hydrogen) atoms. The quantitative estimate of drug-likeness (QED) is 0.722. The van der Waals surface area contributed by atoms with E-state index in [-0.39, 0.29) is 18.4 Å². The van der Waals surface area contributed by atoms with E-state index >= 15 is 0 Å². The van der Waals surface area contributed by atoms with Crippen LogP contribution in [-0.4, -0.2) is 43.0 Å². The van der Waals surface area contributed by atoms with Crippen LogP contribution in [0.15, 0.2) is 84.5 Å². The molecule has 1 aliphatic carbocycles. The highest BCUT2D eigenvalue weighted by Gasteiger charge is 2.43. The average molecular weight is 431 g/mol. The van der Waals surface area contributed by atoms with Gasteiger partial charge >= 0.3 is 0 Å². The molecule has 1 heterocycles. The zero-order valence-corrected chi connectivity index (χ0v) is 18.3. The van der Waals surface area contributed by atoms with Gasteiger partial charge in [-0.25, -0.2) is 0 Å². The van der Waals surface area contributed by atoms with Crippen molar-refractivity contribution >= 4 is 11.8 Å². The zero-order valence-electron chi connectivity index (χ0n) is 18.3. The minimum Gasteiger partial charge on any atom is -0.484 e. The van der Waals surface area contributed by atoms with Crippen molar-refractivity contribution in [1.82, 2.24) is 10.2 Å². The maximum absolute atomic E-state index is 13.5. The molecule has 1 aliphatic heterocycles. The third-order valence-corrected chi connectivity index (χ3v) is 6.36. The second-order valence-electron chi connectivity index (χ2n) is 8.37. The molecular formula is C27H30N2O3. The van der Waals surface area contributed by atoms with Crippen LogP contribution in [0.1, 0.15) is 31.2 Å². The number of carbonyl (C=O) groups is 2. The van der Waals surface area contributed by atoms with E-state index in [9.17, 15) is 9.59 Å². The Morgan fingerprint density at radius 3 is 2.28 bits per heavy atom. The average Bonchev–Trinajstić information content (AvgIpc) is 2.87. The molecule has 0 bridgehead atoms. The van der Waals surface area contributed by atoms with Crippen LogP contribution >= 0.6 is 0 Å². The van der Waals surface area contributed by atoms with Crippen molar-refractivity contribution in [3.63, 3.8) is 0 Å². The number of ether oxygens (including phenoxy) is 1. The van der Waals surface area contributed by atoms with Crippen LogP contribution in [0.2, 0.25) is 0 Å². The van der Waals surface area contributed by atoms with Crippen molar-refractivity contribution in [2.45, 2.75) is 31.1 Å². The summed E-state index contributed by atoms with van der Waals surface area (Å²) in [6.45, 7) is 1.61. The number of hydrogen-bond acceptors (Lipinski definition) is 3. The first-order valence-corrected chi connectivity index (χ1v) is 11.3. The molecule has 2 aromatic rings. The number of hydrogen-bond donors (Lipinski definition) is 1. The number of likely N-dealkylation sites (tertiary alicyclic amines) is 1. The van der Waals surface area contributed by atoms with E-state index in [1.54, 1.807) is 0 Å². The van der Waals surface area contributed by atoms with E-state index in [0.29, 0.717) is 38.2 Å². The van der Waals surface area contributed by atoms with Crippen molar-refractivity contribution in [2.24, 2.45) is 0 Å². The van der Waals surface area contributed by atoms with Gasteiger partial charge in [-0.15, -0.1) is 0 Å². The Kier molecular flexibility index (Phi) is 7.05. The first kappa shape index (κ1) is 21.9. The van der Waals surface area contributed by atoms with Crippen molar-refractivity contribution < 1.29 is 14.3 Å². The molecule has 2 aliphatic rings. The lowest BCUT2D eigenvalue weighted by Gasteiger charge is -2.41. The summed E-state index contributed by atoms with van der Waals surface area (Å²) in [5.74, 6) is 0.673. The lowest BCUT2D eigenvalue weighted by atomic mass is 9.72. The third kappa shape index (κ3) is 5.10. The fourth-order valence-corrected chi connectivity index (χ4v) is 4.45. The van der Waals surface area contributed by atoms with Gasteiger partial charge in [0.2, 0.25) is 5.91 Å². The monoisotopic (exact) mass is 430 g/mol.